The molecule has 0 amide bonds. The van der Waals surface area contributed by atoms with Gasteiger partial charge >= 0.3 is 0 Å². The Morgan fingerprint density at radius 1 is 1.55 bits per heavy atom. The minimum Gasteiger partial charge on any atom is -0.260 e. The van der Waals surface area contributed by atoms with E-state index in [9.17, 15) is 0 Å². The van der Waals surface area contributed by atoms with Crippen molar-refractivity contribution in [1.29, 1.82) is 0 Å². The van der Waals surface area contributed by atoms with E-state index >= 15 is 0 Å². The van der Waals surface area contributed by atoms with Crippen LogP contribution < -0.4 is 0 Å². The molecule has 0 atom stereocenters. The predicted molar refractivity (Wildman–Crippen MR) is 49.9 cm³/mol. The first-order chi connectivity index (χ1) is 5.29. The number of allylic oxidation sites excluding steroid dienone is 3. The zero-order chi connectivity index (χ0) is 8.27. The summed E-state index contributed by atoms with van der Waals surface area (Å²) in [6.07, 6.45) is 6.37. The molecule has 60 valence electrons. The van der Waals surface area contributed by atoms with Gasteiger partial charge in [0.05, 0.1) is 0 Å². The van der Waals surface area contributed by atoms with Crippen LogP contribution in [-0.2, 0) is 0 Å². The first kappa shape index (κ1) is 8.25. The van der Waals surface area contributed by atoms with Crippen LogP contribution in [0.4, 0.5) is 0 Å². The molecule has 0 aromatic carbocycles. The summed E-state index contributed by atoms with van der Waals surface area (Å²) in [4.78, 5) is 4.19. The van der Waals surface area contributed by atoms with Crippen LogP contribution in [0.1, 0.15) is 33.6 Å². The van der Waals surface area contributed by atoms with Gasteiger partial charge in [-0.25, -0.2) is 0 Å². The molecule has 1 heterocycles. The highest BCUT2D eigenvalue weighted by molar-refractivity contribution is 6.07. The van der Waals surface area contributed by atoms with Crippen LogP contribution in [0.5, 0.6) is 0 Å². The van der Waals surface area contributed by atoms with Gasteiger partial charge in [0.2, 0.25) is 0 Å². The van der Waals surface area contributed by atoms with Crippen molar-refractivity contribution in [1.82, 2.24) is 0 Å². The Hall–Kier alpha value is -0.850. The van der Waals surface area contributed by atoms with Gasteiger partial charge in [-0.15, -0.1) is 0 Å². The lowest BCUT2D eigenvalue weighted by Crippen LogP contribution is -2.08. The molecule has 0 fully saturated rings. The van der Waals surface area contributed by atoms with Gasteiger partial charge in [-0.05, 0) is 25.3 Å². The van der Waals surface area contributed by atoms with Crippen molar-refractivity contribution in [3.63, 3.8) is 0 Å². The third kappa shape index (κ3) is 1.59. The molecule has 0 aromatic heterocycles. The second-order valence-corrected chi connectivity index (χ2v) is 2.77. The molecule has 0 spiro atoms. The van der Waals surface area contributed by atoms with Crippen molar-refractivity contribution in [2.45, 2.75) is 33.6 Å². The molecule has 0 N–H and O–H groups in total. The highest BCUT2D eigenvalue weighted by Crippen LogP contribution is 2.21. The van der Waals surface area contributed by atoms with Crippen LogP contribution in [-0.4, -0.2) is 5.71 Å². The van der Waals surface area contributed by atoms with Crippen LogP contribution in [0.2, 0.25) is 0 Å². The van der Waals surface area contributed by atoms with Crippen molar-refractivity contribution < 1.29 is 0 Å². The van der Waals surface area contributed by atoms with E-state index in [0.717, 1.165) is 12.8 Å². The maximum atomic E-state index is 4.19. The summed E-state index contributed by atoms with van der Waals surface area (Å²) in [6, 6.07) is 0. The third-order valence-corrected chi connectivity index (χ3v) is 1.93. The smallest absolute Gasteiger partial charge is 0.0491 e. The summed E-state index contributed by atoms with van der Waals surface area (Å²) in [5.41, 5.74) is 3.99. The van der Waals surface area contributed by atoms with Crippen molar-refractivity contribution in [2.24, 2.45) is 4.99 Å². The van der Waals surface area contributed by atoms with E-state index < -0.39 is 0 Å². The van der Waals surface area contributed by atoms with E-state index in [1.54, 1.807) is 0 Å². The number of hydrogen-bond donors (Lipinski definition) is 0. The molecular weight excluding hydrogens is 134 g/mol. The monoisotopic (exact) mass is 149 g/mol. The largest absolute Gasteiger partial charge is 0.260 e. The van der Waals surface area contributed by atoms with E-state index in [1.807, 2.05) is 6.20 Å². The molecule has 0 bridgehead atoms. The van der Waals surface area contributed by atoms with Gasteiger partial charge in [-0.3, -0.25) is 4.99 Å². The van der Waals surface area contributed by atoms with E-state index in [1.165, 1.54) is 16.9 Å². The lowest BCUT2D eigenvalue weighted by atomic mass is 9.98. The number of nitrogens with zero attached hydrogens (tertiary/aromatic N) is 1. The average molecular weight is 149 g/mol. The Morgan fingerprint density at radius 2 is 2.27 bits per heavy atom. The van der Waals surface area contributed by atoms with Crippen LogP contribution in [0.25, 0.3) is 0 Å². The molecule has 1 heteroatoms. The highest BCUT2D eigenvalue weighted by atomic mass is 14.8. The first-order valence-corrected chi connectivity index (χ1v) is 4.24. The van der Waals surface area contributed by atoms with E-state index in [2.05, 4.69) is 31.8 Å². The lowest BCUT2D eigenvalue weighted by Gasteiger charge is -2.15. The minimum atomic E-state index is 1.06. The highest BCUT2D eigenvalue weighted by Gasteiger charge is 2.12. The fraction of sp³-hybridized carbons (Fsp3) is 0.500. The molecule has 1 nitrogen and oxygen atoms in total. The van der Waals surface area contributed by atoms with Crippen molar-refractivity contribution in [2.75, 3.05) is 0 Å². The Kier molecular flexibility index (Phi) is 2.64. The molecule has 1 rings (SSSR count). The Balaban J connectivity index is 2.58. The first-order valence-electron chi connectivity index (χ1n) is 4.24. The standard InChI is InChI=1S/C10H15N/c1-4-6-8(3)9-7-11-10(9)5-2/h6-7H,4-5H2,1-3H3/b8-6+. The molecule has 0 saturated heterocycles. The van der Waals surface area contributed by atoms with E-state index in [0.29, 0.717) is 0 Å². The van der Waals surface area contributed by atoms with Gasteiger partial charge in [-0.2, -0.15) is 0 Å². The zero-order valence-corrected chi connectivity index (χ0v) is 7.52. The SMILES string of the molecule is CC/C=C(\C)C1=CN=C1CC. The average Bonchev–Trinajstić information content (AvgIpc) is 1.86. The van der Waals surface area contributed by atoms with Crippen LogP contribution >= 0.6 is 0 Å². The molecule has 1 aliphatic heterocycles. The van der Waals surface area contributed by atoms with Gasteiger partial charge in [0.1, 0.15) is 0 Å². The van der Waals surface area contributed by atoms with E-state index in [-0.39, 0.29) is 0 Å². The molecule has 0 aromatic rings. The quantitative estimate of drug-likeness (QED) is 0.584. The van der Waals surface area contributed by atoms with Crippen LogP contribution in [0.15, 0.2) is 28.4 Å². The molecule has 0 saturated carbocycles. The van der Waals surface area contributed by atoms with Crippen LogP contribution in [0, 0.1) is 0 Å². The maximum absolute atomic E-state index is 4.19. The molecule has 0 aliphatic carbocycles. The summed E-state index contributed by atoms with van der Waals surface area (Å²) in [5.74, 6) is 0. The third-order valence-electron chi connectivity index (χ3n) is 1.93. The van der Waals surface area contributed by atoms with Crippen LogP contribution in [0.3, 0.4) is 0 Å². The Morgan fingerprint density at radius 3 is 2.64 bits per heavy atom. The lowest BCUT2D eigenvalue weighted by molar-refractivity contribution is 1.15. The summed E-state index contributed by atoms with van der Waals surface area (Å²) in [7, 11) is 0. The molecule has 11 heavy (non-hydrogen) atoms. The van der Waals surface area contributed by atoms with Gasteiger partial charge in [-0.1, -0.05) is 19.9 Å². The van der Waals surface area contributed by atoms with Gasteiger partial charge in [0, 0.05) is 17.5 Å². The van der Waals surface area contributed by atoms with E-state index in [4.69, 9.17) is 0 Å². The van der Waals surface area contributed by atoms with Crippen molar-refractivity contribution >= 4 is 5.71 Å². The van der Waals surface area contributed by atoms with Gasteiger partial charge in [0.15, 0.2) is 0 Å². The van der Waals surface area contributed by atoms with Gasteiger partial charge < -0.3 is 0 Å². The molecule has 1 aliphatic rings. The predicted octanol–water partition coefficient (Wildman–Crippen LogP) is 3.09. The molecule has 0 radical (unpaired) electrons. The van der Waals surface area contributed by atoms with Crippen molar-refractivity contribution in [3.8, 4) is 0 Å². The minimum absolute atomic E-state index is 1.06. The molecular formula is C10H15N. The van der Waals surface area contributed by atoms with Gasteiger partial charge in [0.25, 0.3) is 0 Å². The second kappa shape index (κ2) is 3.51. The summed E-state index contributed by atoms with van der Waals surface area (Å²) < 4.78 is 0. The topological polar surface area (TPSA) is 12.4 Å². The summed E-state index contributed by atoms with van der Waals surface area (Å²) in [6.45, 7) is 6.45. The number of aliphatic imine (C=N–C) groups is 1. The summed E-state index contributed by atoms with van der Waals surface area (Å²) in [5, 5.41) is 0. The summed E-state index contributed by atoms with van der Waals surface area (Å²) >= 11 is 0. The number of hydrogen-bond acceptors (Lipinski definition) is 1. The zero-order valence-electron chi connectivity index (χ0n) is 7.52. The fourth-order valence-corrected chi connectivity index (χ4v) is 1.25. The second-order valence-electron chi connectivity index (χ2n) is 2.77. The number of rotatable bonds is 3. The fourth-order valence-electron chi connectivity index (χ4n) is 1.25. The Bertz CT molecular complexity index is 231. The molecule has 0 unspecified atom stereocenters. The normalized spacial score (nSPS) is 17.2. The Labute approximate surface area is 68.5 Å². The maximum Gasteiger partial charge on any atom is 0.0491 e. The van der Waals surface area contributed by atoms with Crippen molar-refractivity contribution in [3.05, 3.63) is 23.4 Å².